The number of benzene rings is 1. The van der Waals surface area contributed by atoms with Gasteiger partial charge in [-0.3, -0.25) is 19.4 Å². The summed E-state index contributed by atoms with van der Waals surface area (Å²) in [6.07, 6.45) is -4.11. The van der Waals surface area contributed by atoms with Crippen molar-refractivity contribution in [3.8, 4) is 0 Å². The fourth-order valence-corrected chi connectivity index (χ4v) is 2.88. The Morgan fingerprint density at radius 3 is 2.08 bits per heavy atom. The molecule has 1 aliphatic rings. The molecule has 0 spiro atoms. The number of alkyl halides is 4. The topological polar surface area (TPSA) is 64.1 Å². The van der Waals surface area contributed by atoms with E-state index in [1.165, 1.54) is 18.5 Å². The summed E-state index contributed by atoms with van der Waals surface area (Å²) in [5.74, 6) is -3.29. The first-order valence-corrected chi connectivity index (χ1v) is 7.56. The predicted molar refractivity (Wildman–Crippen MR) is 81.7 cm³/mol. The van der Waals surface area contributed by atoms with Gasteiger partial charge >= 0.3 is 0 Å². The van der Waals surface area contributed by atoms with Crippen molar-refractivity contribution in [3.63, 3.8) is 0 Å². The van der Waals surface area contributed by atoms with Gasteiger partial charge in [0.05, 0.1) is 5.92 Å². The van der Waals surface area contributed by atoms with Gasteiger partial charge in [0.1, 0.15) is 0 Å². The van der Waals surface area contributed by atoms with Crippen LogP contribution < -0.4 is 0 Å². The van der Waals surface area contributed by atoms with Gasteiger partial charge in [0.15, 0.2) is 17.3 Å². The number of hydrogen-bond donors (Lipinski definition) is 0. The van der Waals surface area contributed by atoms with Crippen molar-refractivity contribution in [2.75, 3.05) is 0 Å². The van der Waals surface area contributed by atoms with Crippen LogP contribution >= 0.6 is 0 Å². The number of carbonyl (C=O) groups excluding carboxylic acids is 3. The maximum atomic E-state index is 12.9. The lowest BCUT2D eigenvalue weighted by molar-refractivity contribution is 0.0785. The SMILES string of the molecule is O=C(CC1C(=O)c2ccncc2C1=O)c1cc(C(F)F)cc(C(F)F)c1. The van der Waals surface area contributed by atoms with E-state index in [0.29, 0.717) is 6.07 Å². The largest absolute Gasteiger partial charge is 0.294 e. The van der Waals surface area contributed by atoms with Crippen LogP contribution in [0.4, 0.5) is 17.6 Å². The van der Waals surface area contributed by atoms with Gasteiger partial charge < -0.3 is 0 Å². The third kappa shape index (κ3) is 3.14. The number of hydrogen-bond acceptors (Lipinski definition) is 4. The molecule has 0 saturated heterocycles. The van der Waals surface area contributed by atoms with Crippen molar-refractivity contribution < 1.29 is 31.9 Å². The summed E-state index contributed by atoms with van der Waals surface area (Å²) in [5.41, 5.74) is -1.60. The molecular weight excluding hydrogens is 354 g/mol. The minimum atomic E-state index is -3.04. The highest BCUT2D eigenvalue weighted by atomic mass is 19.3. The van der Waals surface area contributed by atoms with Gasteiger partial charge in [-0.15, -0.1) is 0 Å². The lowest BCUT2D eigenvalue weighted by Gasteiger charge is -2.10. The predicted octanol–water partition coefficient (Wildman–Crippen LogP) is 4.23. The van der Waals surface area contributed by atoms with E-state index in [1.807, 2.05) is 0 Å². The van der Waals surface area contributed by atoms with Gasteiger partial charge in [-0.25, -0.2) is 17.6 Å². The molecule has 0 bridgehead atoms. The lowest BCUT2D eigenvalue weighted by Crippen LogP contribution is -2.19. The summed E-state index contributed by atoms with van der Waals surface area (Å²) < 4.78 is 51.6. The van der Waals surface area contributed by atoms with Crippen LogP contribution in [0.3, 0.4) is 0 Å². The second-order valence-corrected chi connectivity index (χ2v) is 5.82. The molecule has 0 radical (unpaired) electrons. The quantitative estimate of drug-likeness (QED) is 0.452. The van der Waals surface area contributed by atoms with Gasteiger partial charge in [0.25, 0.3) is 12.9 Å². The third-order valence-electron chi connectivity index (χ3n) is 4.18. The number of Topliss-reactive ketones (excluding diaryl/α,β-unsaturated/α-hetero) is 3. The first-order valence-electron chi connectivity index (χ1n) is 7.56. The van der Waals surface area contributed by atoms with Crippen LogP contribution in [-0.4, -0.2) is 22.3 Å². The molecule has 1 heterocycles. The highest BCUT2D eigenvalue weighted by molar-refractivity contribution is 6.27. The van der Waals surface area contributed by atoms with E-state index in [1.54, 1.807) is 0 Å². The maximum absolute atomic E-state index is 12.9. The molecule has 1 atom stereocenters. The fraction of sp³-hybridized carbons (Fsp3) is 0.222. The molecule has 0 amide bonds. The van der Waals surface area contributed by atoms with Gasteiger partial charge in [-0.05, 0) is 24.3 Å². The minimum absolute atomic E-state index is 0.0879. The van der Waals surface area contributed by atoms with Crippen LogP contribution in [0, 0.1) is 5.92 Å². The molecule has 1 aromatic carbocycles. The van der Waals surface area contributed by atoms with Crippen molar-refractivity contribution in [2.45, 2.75) is 19.3 Å². The smallest absolute Gasteiger partial charge is 0.263 e. The summed E-state index contributed by atoms with van der Waals surface area (Å²) in [4.78, 5) is 40.7. The van der Waals surface area contributed by atoms with E-state index in [0.717, 1.165) is 12.1 Å². The molecule has 8 heteroatoms. The summed E-state index contributed by atoms with van der Waals surface area (Å²) in [6.45, 7) is 0. The average Bonchev–Trinajstić information content (AvgIpc) is 2.86. The molecule has 0 N–H and O–H groups in total. The minimum Gasteiger partial charge on any atom is -0.294 e. The normalized spacial score (nSPS) is 16.5. The van der Waals surface area contributed by atoms with Gasteiger partial charge in [0, 0.05) is 46.6 Å². The van der Waals surface area contributed by atoms with Crippen LogP contribution in [0.15, 0.2) is 36.7 Å². The van der Waals surface area contributed by atoms with E-state index in [4.69, 9.17) is 0 Å². The average molecular weight is 365 g/mol. The fourth-order valence-electron chi connectivity index (χ4n) is 2.88. The van der Waals surface area contributed by atoms with E-state index in [-0.39, 0.29) is 16.7 Å². The molecule has 26 heavy (non-hydrogen) atoms. The number of carbonyl (C=O) groups is 3. The number of aromatic nitrogens is 1. The standard InChI is InChI=1S/C18H11F4NO3/c19-17(20)9-3-8(4-10(5-9)18(21)22)14(24)6-12-15(25)11-1-2-23-7-13(11)16(12)26/h1-5,7,12,17-18H,6H2. The zero-order chi connectivity index (χ0) is 19.0. The zero-order valence-electron chi connectivity index (χ0n) is 13.1. The molecule has 1 unspecified atom stereocenters. The van der Waals surface area contributed by atoms with Crippen LogP contribution in [-0.2, 0) is 0 Å². The molecule has 1 aliphatic carbocycles. The first-order chi connectivity index (χ1) is 12.3. The summed E-state index contributed by atoms with van der Waals surface area (Å²) in [6, 6.07) is 3.58. The van der Waals surface area contributed by atoms with Crippen molar-refractivity contribution in [1.82, 2.24) is 4.98 Å². The number of ketones is 3. The van der Waals surface area contributed by atoms with Crippen molar-refractivity contribution >= 4 is 17.3 Å². The number of pyridine rings is 1. The van der Waals surface area contributed by atoms with E-state index in [9.17, 15) is 31.9 Å². The Balaban J connectivity index is 1.90. The molecule has 0 fully saturated rings. The van der Waals surface area contributed by atoms with Crippen LogP contribution in [0.25, 0.3) is 0 Å². The van der Waals surface area contributed by atoms with Crippen LogP contribution in [0.2, 0.25) is 0 Å². The molecule has 3 rings (SSSR count). The van der Waals surface area contributed by atoms with Crippen LogP contribution in [0.5, 0.6) is 0 Å². The Hall–Kier alpha value is -2.90. The Bertz CT molecular complexity index is 850. The Morgan fingerprint density at radius 1 is 0.962 bits per heavy atom. The van der Waals surface area contributed by atoms with Crippen molar-refractivity contribution in [2.24, 2.45) is 5.92 Å². The number of halogens is 4. The number of fused-ring (bicyclic) bond motifs is 1. The van der Waals surface area contributed by atoms with Gasteiger partial charge in [-0.1, -0.05) is 0 Å². The second-order valence-electron chi connectivity index (χ2n) is 5.82. The number of rotatable bonds is 5. The molecule has 1 aromatic heterocycles. The van der Waals surface area contributed by atoms with Crippen molar-refractivity contribution in [1.29, 1.82) is 0 Å². The third-order valence-corrected chi connectivity index (χ3v) is 4.18. The Kier molecular flexibility index (Phi) is 4.67. The zero-order valence-corrected chi connectivity index (χ0v) is 13.1. The second kappa shape index (κ2) is 6.78. The lowest BCUT2D eigenvalue weighted by atomic mass is 9.92. The van der Waals surface area contributed by atoms with E-state index < -0.39 is 53.7 Å². The monoisotopic (exact) mass is 365 g/mol. The maximum Gasteiger partial charge on any atom is 0.263 e. The molecule has 134 valence electrons. The molecule has 0 aliphatic heterocycles. The Labute approximate surface area is 144 Å². The van der Waals surface area contributed by atoms with Gasteiger partial charge in [0.2, 0.25) is 0 Å². The molecule has 0 saturated carbocycles. The van der Waals surface area contributed by atoms with Crippen LogP contribution in [0.1, 0.15) is 61.5 Å². The first kappa shape index (κ1) is 17.9. The Morgan fingerprint density at radius 2 is 1.54 bits per heavy atom. The highest BCUT2D eigenvalue weighted by Gasteiger charge is 2.40. The van der Waals surface area contributed by atoms with E-state index >= 15 is 0 Å². The molecular formula is C18H11F4NO3. The number of nitrogens with zero attached hydrogens (tertiary/aromatic N) is 1. The van der Waals surface area contributed by atoms with Gasteiger partial charge in [-0.2, -0.15) is 0 Å². The molecule has 4 nitrogen and oxygen atoms in total. The van der Waals surface area contributed by atoms with E-state index in [2.05, 4.69) is 4.98 Å². The summed E-state index contributed by atoms with van der Waals surface area (Å²) >= 11 is 0. The van der Waals surface area contributed by atoms with Crippen molar-refractivity contribution in [3.05, 3.63) is 64.5 Å². The highest BCUT2D eigenvalue weighted by Crippen LogP contribution is 2.31. The summed E-state index contributed by atoms with van der Waals surface area (Å²) in [5, 5.41) is 0. The molecule has 2 aromatic rings. The summed E-state index contributed by atoms with van der Waals surface area (Å²) in [7, 11) is 0.